The van der Waals surface area contributed by atoms with Gasteiger partial charge >= 0.3 is 0 Å². The van der Waals surface area contributed by atoms with E-state index < -0.39 is 0 Å². The van der Waals surface area contributed by atoms with Gasteiger partial charge in [-0.2, -0.15) is 5.10 Å². The Morgan fingerprint density at radius 3 is 2.81 bits per heavy atom. The van der Waals surface area contributed by atoms with E-state index in [0.29, 0.717) is 35.9 Å². The fourth-order valence-corrected chi connectivity index (χ4v) is 3.54. The Hall–Kier alpha value is -3.29. The highest BCUT2D eigenvalue weighted by Crippen LogP contribution is 2.25. The number of rotatable bonds is 4. The molecule has 1 atom stereocenters. The Labute approximate surface area is 156 Å². The van der Waals surface area contributed by atoms with Crippen LogP contribution < -0.4 is 0 Å². The molecule has 8 nitrogen and oxygen atoms in total. The van der Waals surface area contributed by atoms with Gasteiger partial charge in [0.25, 0.3) is 5.91 Å². The molecule has 1 fully saturated rings. The predicted molar refractivity (Wildman–Crippen MR) is 98.0 cm³/mol. The van der Waals surface area contributed by atoms with Gasteiger partial charge in [0, 0.05) is 44.0 Å². The molecular formula is C19H20N6O2. The molecule has 3 heterocycles. The number of aromatic nitrogens is 5. The third-order valence-corrected chi connectivity index (χ3v) is 4.95. The number of Topliss-reactive ketones (excluding diaryl/α,β-unsaturated/α-hetero) is 1. The Balaban J connectivity index is 1.57. The van der Waals surface area contributed by atoms with Crippen LogP contribution in [-0.4, -0.2) is 54.4 Å². The van der Waals surface area contributed by atoms with Crippen molar-refractivity contribution in [1.82, 2.24) is 29.6 Å². The largest absolute Gasteiger partial charge is 0.338 e. The standard InChI is InChI=1S/C19H20N6O2/c1-24-10-8-20-18(24)16(26)13-5-4-9-25(11-13)19(27)15-7-3-2-6-14(15)17-21-12-22-23-17/h2-3,6-8,10,12-13H,4-5,9,11H2,1H3,(H,21,22,23). The second kappa shape index (κ2) is 7.14. The summed E-state index contributed by atoms with van der Waals surface area (Å²) in [7, 11) is 1.81. The average molecular weight is 364 g/mol. The molecule has 0 saturated carbocycles. The van der Waals surface area contributed by atoms with Crippen molar-refractivity contribution in [3.05, 3.63) is 54.4 Å². The van der Waals surface area contributed by atoms with Crippen molar-refractivity contribution in [2.75, 3.05) is 13.1 Å². The van der Waals surface area contributed by atoms with Crippen molar-refractivity contribution in [1.29, 1.82) is 0 Å². The molecule has 1 saturated heterocycles. The van der Waals surface area contributed by atoms with E-state index in [1.54, 1.807) is 35.0 Å². The summed E-state index contributed by atoms with van der Waals surface area (Å²) in [6.07, 6.45) is 6.34. The number of imidazole rings is 1. The highest BCUT2D eigenvalue weighted by Gasteiger charge is 2.31. The molecule has 0 spiro atoms. The number of nitrogens with one attached hydrogen (secondary N) is 1. The third-order valence-electron chi connectivity index (χ3n) is 4.95. The molecule has 27 heavy (non-hydrogen) atoms. The molecule has 8 heteroatoms. The smallest absolute Gasteiger partial charge is 0.254 e. The molecule has 1 N–H and O–H groups in total. The lowest BCUT2D eigenvalue weighted by Gasteiger charge is -2.32. The summed E-state index contributed by atoms with van der Waals surface area (Å²) in [5.41, 5.74) is 1.26. The van der Waals surface area contributed by atoms with E-state index in [4.69, 9.17) is 0 Å². The van der Waals surface area contributed by atoms with Crippen molar-refractivity contribution in [3.63, 3.8) is 0 Å². The molecule has 3 aromatic rings. The minimum absolute atomic E-state index is 0.0106. The lowest BCUT2D eigenvalue weighted by Crippen LogP contribution is -2.43. The number of H-pyrrole nitrogens is 1. The van der Waals surface area contributed by atoms with Gasteiger partial charge in [-0.25, -0.2) is 9.97 Å². The molecule has 0 aliphatic carbocycles. The fraction of sp³-hybridized carbons (Fsp3) is 0.316. The van der Waals surface area contributed by atoms with Crippen LogP contribution in [0.3, 0.4) is 0 Å². The van der Waals surface area contributed by atoms with Gasteiger partial charge < -0.3 is 9.47 Å². The maximum Gasteiger partial charge on any atom is 0.254 e. The second-order valence-corrected chi connectivity index (χ2v) is 6.70. The molecule has 0 bridgehead atoms. The van der Waals surface area contributed by atoms with Crippen LogP contribution in [0.4, 0.5) is 0 Å². The Morgan fingerprint density at radius 1 is 1.22 bits per heavy atom. The molecule has 1 aliphatic heterocycles. The number of likely N-dealkylation sites (tertiary alicyclic amines) is 1. The van der Waals surface area contributed by atoms with Crippen molar-refractivity contribution < 1.29 is 9.59 Å². The maximum atomic E-state index is 13.2. The van der Waals surface area contributed by atoms with Crippen molar-refractivity contribution in [2.24, 2.45) is 13.0 Å². The summed E-state index contributed by atoms with van der Waals surface area (Å²) in [5.74, 6) is 0.650. The fourth-order valence-electron chi connectivity index (χ4n) is 3.54. The highest BCUT2D eigenvalue weighted by atomic mass is 16.2. The number of nitrogens with zero attached hydrogens (tertiary/aromatic N) is 5. The Morgan fingerprint density at radius 2 is 2.07 bits per heavy atom. The maximum absolute atomic E-state index is 13.2. The van der Waals surface area contributed by atoms with E-state index >= 15 is 0 Å². The number of amides is 1. The van der Waals surface area contributed by atoms with Crippen molar-refractivity contribution in [3.8, 4) is 11.4 Å². The number of carbonyl (C=O) groups is 2. The summed E-state index contributed by atoms with van der Waals surface area (Å²) < 4.78 is 1.72. The van der Waals surface area contributed by atoms with Crippen LogP contribution in [0.15, 0.2) is 43.0 Å². The molecule has 138 valence electrons. The first-order chi connectivity index (χ1) is 13.1. The third kappa shape index (κ3) is 3.25. The van der Waals surface area contributed by atoms with Gasteiger partial charge in [-0.1, -0.05) is 18.2 Å². The van der Waals surface area contributed by atoms with Crippen molar-refractivity contribution in [2.45, 2.75) is 12.8 Å². The second-order valence-electron chi connectivity index (χ2n) is 6.70. The van der Waals surface area contributed by atoms with E-state index in [0.717, 1.165) is 12.8 Å². The number of hydrogen-bond donors (Lipinski definition) is 1. The first kappa shape index (κ1) is 17.1. The van der Waals surface area contributed by atoms with Gasteiger partial charge in [0.2, 0.25) is 5.78 Å². The van der Waals surface area contributed by atoms with E-state index in [-0.39, 0.29) is 17.6 Å². The molecule has 1 unspecified atom stereocenters. The van der Waals surface area contributed by atoms with Crippen LogP contribution in [0.5, 0.6) is 0 Å². The molecule has 4 rings (SSSR count). The van der Waals surface area contributed by atoms with Crippen LogP contribution in [-0.2, 0) is 7.05 Å². The van der Waals surface area contributed by atoms with Crippen LogP contribution in [0.1, 0.15) is 33.8 Å². The number of benzene rings is 1. The molecule has 1 amide bonds. The first-order valence-electron chi connectivity index (χ1n) is 8.90. The van der Waals surface area contributed by atoms with Crippen LogP contribution in [0.2, 0.25) is 0 Å². The summed E-state index contributed by atoms with van der Waals surface area (Å²) in [5, 5.41) is 6.67. The van der Waals surface area contributed by atoms with Gasteiger partial charge in [0.15, 0.2) is 11.6 Å². The summed E-state index contributed by atoms with van der Waals surface area (Å²) >= 11 is 0. The summed E-state index contributed by atoms with van der Waals surface area (Å²) in [6.45, 7) is 1.03. The van der Waals surface area contributed by atoms with Crippen molar-refractivity contribution >= 4 is 11.7 Å². The van der Waals surface area contributed by atoms with E-state index in [1.165, 1.54) is 6.33 Å². The first-order valence-corrected chi connectivity index (χ1v) is 8.90. The average Bonchev–Trinajstić information content (AvgIpc) is 3.39. The summed E-state index contributed by atoms with van der Waals surface area (Å²) in [6, 6.07) is 7.31. The SMILES string of the molecule is Cn1ccnc1C(=O)C1CCCN(C(=O)c2ccccc2-c2ncn[nH]2)C1. The summed E-state index contributed by atoms with van der Waals surface area (Å²) in [4.78, 5) is 36.0. The zero-order valence-electron chi connectivity index (χ0n) is 15.0. The molecule has 1 aromatic carbocycles. The highest BCUT2D eigenvalue weighted by molar-refractivity contribution is 6.01. The molecule has 1 aliphatic rings. The van der Waals surface area contributed by atoms with Crippen LogP contribution in [0.25, 0.3) is 11.4 Å². The number of aromatic amines is 1. The lowest BCUT2D eigenvalue weighted by atomic mass is 9.92. The number of piperidine rings is 1. The number of carbonyl (C=O) groups excluding carboxylic acids is 2. The zero-order valence-corrected chi connectivity index (χ0v) is 15.0. The number of hydrogen-bond acceptors (Lipinski definition) is 5. The molecule has 0 radical (unpaired) electrons. The Kier molecular flexibility index (Phi) is 4.53. The molecular weight excluding hydrogens is 344 g/mol. The minimum atomic E-state index is -0.235. The van der Waals surface area contributed by atoms with E-state index in [2.05, 4.69) is 20.2 Å². The van der Waals surface area contributed by atoms with Crippen LogP contribution in [0, 0.1) is 5.92 Å². The molecule has 2 aromatic heterocycles. The van der Waals surface area contributed by atoms with Gasteiger partial charge in [-0.3, -0.25) is 14.7 Å². The predicted octanol–water partition coefficient (Wildman–Crippen LogP) is 1.94. The Bertz CT molecular complexity index is 962. The lowest BCUT2D eigenvalue weighted by molar-refractivity contribution is 0.0633. The number of aryl methyl sites for hydroxylation is 1. The monoisotopic (exact) mass is 364 g/mol. The minimum Gasteiger partial charge on any atom is -0.338 e. The van der Waals surface area contributed by atoms with Gasteiger partial charge in [-0.05, 0) is 18.9 Å². The van der Waals surface area contributed by atoms with E-state index in [1.807, 2.05) is 18.2 Å². The normalized spacial score (nSPS) is 17.1. The quantitative estimate of drug-likeness (QED) is 0.714. The zero-order chi connectivity index (χ0) is 18.8. The van der Waals surface area contributed by atoms with Gasteiger partial charge in [-0.15, -0.1) is 0 Å². The van der Waals surface area contributed by atoms with Gasteiger partial charge in [0.1, 0.15) is 6.33 Å². The topological polar surface area (TPSA) is 96.8 Å². The van der Waals surface area contributed by atoms with Crippen LogP contribution >= 0.6 is 0 Å². The van der Waals surface area contributed by atoms with E-state index in [9.17, 15) is 9.59 Å². The number of ketones is 1. The van der Waals surface area contributed by atoms with Gasteiger partial charge in [0.05, 0.1) is 5.56 Å².